The van der Waals surface area contributed by atoms with Crippen molar-refractivity contribution < 1.29 is 0 Å². The summed E-state index contributed by atoms with van der Waals surface area (Å²) in [6, 6.07) is 54.1. The highest BCUT2D eigenvalue weighted by Crippen LogP contribution is 2.44. The first-order valence-electron chi connectivity index (χ1n) is 11.4. The molecule has 0 saturated heterocycles. The van der Waals surface area contributed by atoms with Crippen molar-refractivity contribution in [3.8, 4) is 0 Å². The van der Waals surface area contributed by atoms with Gasteiger partial charge in [0.25, 0.3) is 0 Å². The van der Waals surface area contributed by atoms with E-state index in [1.165, 1.54) is 39.0 Å². The van der Waals surface area contributed by atoms with Crippen molar-refractivity contribution in [3.05, 3.63) is 179 Å². The van der Waals surface area contributed by atoms with E-state index in [1.54, 1.807) is 0 Å². The molecule has 0 radical (unpaired) electrons. The van der Waals surface area contributed by atoms with E-state index in [1.807, 2.05) is 0 Å². The van der Waals surface area contributed by atoms with E-state index in [9.17, 15) is 0 Å². The summed E-state index contributed by atoms with van der Waals surface area (Å²) in [4.78, 5) is 0. The Balaban J connectivity index is 1.91. The fourth-order valence-electron chi connectivity index (χ4n) is 4.58. The topological polar surface area (TPSA) is 0 Å². The standard InChI is InChI=1S/C33H26/c1-6-16-26(17-7-1)31(27-18-8-2-9-19-27)33(30-24-14-5-15-25-30)32(28-20-10-3-11-21-28)29-22-12-4-13-23-29/h1-25,31H. The lowest BCUT2D eigenvalue weighted by atomic mass is 9.76. The summed E-state index contributed by atoms with van der Waals surface area (Å²) in [7, 11) is 0. The van der Waals surface area contributed by atoms with Gasteiger partial charge < -0.3 is 0 Å². The summed E-state index contributed by atoms with van der Waals surface area (Å²) >= 11 is 0. The fourth-order valence-corrected chi connectivity index (χ4v) is 4.58. The number of hydrogen-bond acceptors (Lipinski definition) is 0. The highest BCUT2D eigenvalue weighted by molar-refractivity contribution is 6.01. The van der Waals surface area contributed by atoms with Crippen LogP contribution in [0.1, 0.15) is 33.7 Å². The quantitative estimate of drug-likeness (QED) is 0.241. The molecule has 33 heavy (non-hydrogen) atoms. The van der Waals surface area contributed by atoms with Crippen LogP contribution in [0.5, 0.6) is 0 Å². The van der Waals surface area contributed by atoms with Crippen LogP contribution in [0.3, 0.4) is 0 Å². The summed E-state index contributed by atoms with van der Waals surface area (Å²) in [5.74, 6) is 0.0882. The first-order valence-corrected chi connectivity index (χ1v) is 11.4. The monoisotopic (exact) mass is 422 g/mol. The van der Waals surface area contributed by atoms with Crippen LogP contribution >= 0.6 is 0 Å². The molecule has 0 aliphatic rings. The van der Waals surface area contributed by atoms with E-state index in [-0.39, 0.29) is 5.92 Å². The maximum absolute atomic E-state index is 2.24. The van der Waals surface area contributed by atoms with Crippen LogP contribution in [0.2, 0.25) is 0 Å². The summed E-state index contributed by atoms with van der Waals surface area (Å²) < 4.78 is 0. The molecule has 0 nitrogen and oxygen atoms in total. The van der Waals surface area contributed by atoms with E-state index in [2.05, 4.69) is 152 Å². The van der Waals surface area contributed by atoms with Crippen LogP contribution in [0, 0.1) is 0 Å². The van der Waals surface area contributed by atoms with Gasteiger partial charge in [-0.05, 0) is 39.0 Å². The Labute approximate surface area is 196 Å². The molecule has 0 aliphatic carbocycles. The molecule has 0 saturated carbocycles. The van der Waals surface area contributed by atoms with Crippen LogP contribution in [0.15, 0.2) is 152 Å². The van der Waals surface area contributed by atoms with Gasteiger partial charge in [-0.1, -0.05) is 152 Å². The fraction of sp³-hybridized carbons (Fsp3) is 0.0303. The van der Waals surface area contributed by atoms with Crippen LogP contribution in [0.4, 0.5) is 0 Å². The summed E-state index contributed by atoms with van der Waals surface area (Å²) in [6.45, 7) is 0. The number of rotatable bonds is 6. The first-order chi connectivity index (χ1) is 16.4. The van der Waals surface area contributed by atoms with Crippen molar-refractivity contribution in [1.29, 1.82) is 0 Å². The highest BCUT2D eigenvalue weighted by Gasteiger charge is 2.25. The van der Waals surface area contributed by atoms with Crippen LogP contribution in [-0.2, 0) is 0 Å². The lowest BCUT2D eigenvalue weighted by Crippen LogP contribution is -2.08. The zero-order valence-electron chi connectivity index (χ0n) is 18.5. The smallest absolute Gasteiger partial charge is 0.0352 e. The lowest BCUT2D eigenvalue weighted by molar-refractivity contribution is 1.05. The van der Waals surface area contributed by atoms with Gasteiger partial charge >= 0.3 is 0 Å². The summed E-state index contributed by atoms with van der Waals surface area (Å²) in [6.07, 6.45) is 0. The van der Waals surface area contributed by atoms with Crippen molar-refractivity contribution in [1.82, 2.24) is 0 Å². The predicted molar refractivity (Wildman–Crippen MR) is 140 cm³/mol. The average Bonchev–Trinajstić information content (AvgIpc) is 2.91. The van der Waals surface area contributed by atoms with Crippen molar-refractivity contribution in [2.45, 2.75) is 5.92 Å². The SMILES string of the molecule is c1ccc(C(=C(c2ccccc2)C(c2ccccc2)c2ccccc2)c2ccccc2)cc1. The molecule has 0 fully saturated rings. The average molecular weight is 423 g/mol. The third kappa shape index (κ3) is 4.56. The Hall–Kier alpha value is -4.16. The lowest BCUT2D eigenvalue weighted by Gasteiger charge is -2.27. The second-order valence-corrected chi connectivity index (χ2v) is 8.14. The minimum Gasteiger partial charge on any atom is -0.0622 e. The largest absolute Gasteiger partial charge is 0.0622 e. The van der Waals surface area contributed by atoms with Gasteiger partial charge in [0, 0.05) is 5.92 Å². The molecule has 0 heterocycles. The van der Waals surface area contributed by atoms with Crippen molar-refractivity contribution in [2.75, 3.05) is 0 Å². The Kier molecular flexibility index (Phi) is 6.26. The van der Waals surface area contributed by atoms with E-state index in [4.69, 9.17) is 0 Å². The van der Waals surface area contributed by atoms with Gasteiger partial charge in [0.05, 0.1) is 0 Å². The van der Waals surface area contributed by atoms with Gasteiger partial charge in [-0.15, -0.1) is 0 Å². The highest BCUT2D eigenvalue weighted by atomic mass is 14.3. The van der Waals surface area contributed by atoms with Crippen LogP contribution < -0.4 is 0 Å². The molecule has 0 unspecified atom stereocenters. The van der Waals surface area contributed by atoms with Crippen molar-refractivity contribution >= 4 is 11.1 Å². The van der Waals surface area contributed by atoms with Gasteiger partial charge in [0.15, 0.2) is 0 Å². The Morgan fingerprint density at radius 3 is 1.00 bits per heavy atom. The van der Waals surface area contributed by atoms with E-state index >= 15 is 0 Å². The van der Waals surface area contributed by atoms with Crippen molar-refractivity contribution in [3.63, 3.8) is 0 Å². The molecular formula is C33H26. The predicted octanol–water partition coefficient (Wildman–Crippen LogP) is 8.48. The minimum absolute atomic E-state index is 0.0882. The zero-order valence-corrected chi connectivity index (χ0v) is 18.5. The van der Waals surface area contributed by atoms with Gasteiger partial charge in [-0.25, -0.2) is 0 Å². The molecule has 158 valence electrons. The summed E-state index contributed by atoms with van der Waals surface area (Å²) in [5.41, 5.74) is 8.82. The molecule has 0 bridgehead atoms. The van der Waals surface area contributed by atoms with Gasteiger partial charge in [-0.2, -0.15) is 0 Å². The maximum atomic E-state index is 2.24. The van der Waals surface area contributed by atoms with E-state index in [0.717, 1.165) is 0 Å². The molecule has 0 amide bonds. The number of hydrogen-bond donors (Lipinski definition) is 0. The molecule has 0 aromatic heterocycles. The third-order valence-electron chi connectivity index (χ3n) is 6.03. The molecule has 5 aromatic carbocycles. The van der Waals surface area contributed by atoms with Crippen LogP contribution in [0.25, 0.3) is 11.1 Å². The number of allylic oxidation sites excluding steroid dienone is 1. The van der Waals surface area contributed by atoms with E-state index in [0.29, 0.717) is 0 Å². The second kappa shape index (κ2) is 9.97. The van der Waals surface area contributed by atoms with Gasteiger partial charge in [0.1, 0.15) is 0 Å². The molecule has 0 N–H and O–H groups in total. The molecular weight excluding hydrogens is 396 g/mol. The third-order valence-corrected chi connectivity index (χ3v) is 6.03. The zero-order chi connectivity index (χ0) is 22.3. The molecule has 0 aliphatic heterocycles. The summed E-state index contributed by atoms with van der Waals surface area (Å²) in [5, 5.41) is 0. The Morgan fingerprint density at radius 1 is 0.333 bits per heavy atom. The molecule has 5 aromatic rings. The first kappa shape index (κ1) is 20.7. The Bertz CT molecular complexity index is 1220. The maximum Gasteiger partial charge on any atom is 0.0352 e. The van der Waals surface area contributed by atoms with Gasteiger partial charge in [0.2, 0.25) is 0 Å². The number of benzene rings is 5. The Morgan fingerprint density at radius 2 is 0.636 bits per heavy atom. The minimum atomic E-state index is 0.0882. The normalized spacial score (nSPS) is 10.7. The molecule has 0 heteroatoms. The molecule has 5 rings (SSSR count). The molecule has 0 spiro atoms. The van der Waals surface area contributed by atoms with Crippen LogP contribution in [-0.4, -0.2) is 0 Å². The second-order valence-electron chi connectivity index (χ2n) is 8.14. The molecule has 0 atom stereocenters. The van der Waals surface area contributed by atoms with Crippen molar-refractivity contribution in [2.24, 2.45) is 0 Å². The van der Waals surface area contributed by atoms with E-state index < -0.39 is 0 Å². The van der Waals surface area contributed by atoms with Gasteiger partial charge in [-0.3, -0.25) is 0 Å².